The summed E-state index contributed by atoms with van der Waals surface area (Å²) in [6.45, 7) is 4.45. The van der Waals surface area contributed by atoms with Crippen molar-refractivity contribution >= 4 is 35.2 Å². The van der Waals surface area contributed by atoms with Gasteiger partial charge in [0.1, 0.15) is 0 Å². The Morgan fingerprint density at radius 1 is 0.964 bits per heavy atom. The average molecular weight is 417 g/mol. The van der Waals surface area contributed by atoms with Crippen LogP contribution in [0.15, 0.2) is 48.5 Å². The molecule has 0 aromatic heterocycles. The Bertz CT molecular complexity index is 818. The summed E-state index contributed by atoms with van der Waals surface area (Å²) >= 11 is 7.58. The Kier molecular flexibility index (Phi) is 7.40. The molecule has 0 saturated carbocycles. The Morgan fingerprint density at radius 3 is 2.29 bits per heavy atom. The van der Waals surface area contributed by atoms with Gasteiger partial charge < -0.3 is 9.80 Å². The van der Waals surface area contributed by atoms with Gasteiger partial charge in [-0.25, -0.2) is 0 Å². The molecule has 0 spiro atoms. The lowest BCUT2D eigenvalue weighted by Crippen LogP contribution is -2.51. The summed E-state index contributed by atoms with van der Waals surface area (Å²) in [5.74, 6) is 1.38. The van der Waals surface area contributed by atoms with Crippen molar-refractivity contribution in [3.8, 4) is 0 Å². The van der Waals surface area contributed by atoms with Crippen LogP contribution < -0.4 is 0 Å². The van der Waals surface area contributed by atoms with E-state index in [2.05, 4.69) is 6.92 Å². The van der Waals surface area contributed by atoms with Gasteiger partial charge in [0.25, 0.3) is 5.91 Å². The van der Waals surface area contributed by atoms with Crippen molar-refractivity contribution in [3.05, 3.63) is 70.2 Å². The molecule has 28 heavy (non-hydrogen) atoms. The van der Waals surface area contributed by atoms with E-state index in [0.29, 0.717) is 37.5 Å². The van der Waals surface area contributed by atoms with E-state index in [1.54, 1.807) is 11.8 Å². The van der Waals surface area contributed by atoms with Crippen molar-refractivity contribution in [2.24, 2.45) is 0 Å². The average Bonchev–Trinajstić information content (AvgIpc) is 2.73. The zero-order valence-corrected chi connectivity index (χ0v) is 17.6. The molecular weight excluding hydrogens is 392 g/mol. The molecular formula is C22H25ClN2O2S. The van der Waals surface area contributed by atoms with Crippen molar-refractivity contribution in [2.75, 3.05) is 31.9 Å². The van der Waals surface area contributed by atoms with Crippen molar-refractivity contribution in [1.82, 2.24) is 9.80 Å². The molecule has 1 fully saturated rings. The molecule has 0 aliphatic carbocycles. The second-order valence-electron chi connectivity index (χ2n) is 6.85. The third-order valence-corrected chi connectivity index (χ3v) is 6.14. The van der Waals surface area contributed by atoms with Gasteiger partial charge in [0.05, 0.1) is 5.75 Å². The van der Waals surface area contributed by atoms with E-state index in [4.69, 9.17) is 11.6 Å². The van der Waals surface area contributed by atoms with E-state index in [-0.39, 0.29) is 11.8 Å². The first kappa shape index (κ1) is 20.7. The quantitative estimate of drug-likeness (QED) is 0.711. The SMILES string of the molecule is CCc1ccc(C(=O)N2CCN(C(=O)CSCc3cccc(Cl)c3)CC2)cc1. The van der Waals surface area contributed by atoms with Crippen LogP contribution in [0.3, 0.4) is 0 Å². The first-order chi connectivity index (χ1) is 13.6. The molecule has 2 amide bonds. The number of carbonyl (C=O) groups excluding carboxylic acids is 2. The molecule has 1 aliphatic rings. The lowest BCUT2D eigenvalue weighted by atomic mass is 10.1. The minimum atomic E-state index is 0.0464. The predicted molar refractivity (Wildman–Crippen MR) is 116 cm³/mol. The van der Waals surface area contributed by atoms with E-state index in [0.717, 1.165) is 22.8 Å². The summed E-state index contributed by atoms with van der Waals surface area (Å²) in [5.41, 5.74) is 3.06. The maximum absolute atomic E-state index is 12.6. The third-order valence-electron chi connectivity index (χ3n) is 4.91. The number of benzene rings is 2. The summed E-state index contributed by atoms with van der Waals surface area (Å²) in [7, 11) is 0. The van der Waals surface area contributed by atoms with Gasteiger partial charge in [-0.3, -0.25) is 9.59 Å². The lowest BCUT2D eigenvalue weighted by Gasteiger charge is -2.34. The van der Waals surface area contributed by atoms with Crippen molar-refractivity contribution < 1.29 is 9.59 Å². The number of rotatable bonds is 6. The van der Waals surface area contributed by atoms with E-state index in [9.17, 15) is 9.59 Å². The smallest absolute Gasteiger partial charge is 0.253 e. The van der Waals surface area contributed by atoms with Crippen LogP contribution in [-0.4, -0.2) is 53.5 Å². The number of hydrogen-bond donors (Lipinski definition) is 0. The number of amides is 2. The van der Waals surface area contributed by atoms with Crippen molar-refractivity contribution in [1.29, 1.82) is 0 Å². The van der Waals surface area contributed by atoms with Crippen molar-refractivity contribution in [3.63, 3.8) is 0 Å². The van der Waals surface area contributed by atoms with Crippen LogP contribution in [0, 0.1) is 0 Å². The number of aryl methyl sites for hydroxylation is 1. The Hall–Kier alpha value is -1.98. The van der Waals surface area contributed by atoms with E-state index < -0.39 is 0 Å². The molecule has 2 aromatic carbocycles. The molecule has 148 valence electrons. The van der Waals surface area contributed by atoms with Crippen molar-refractivity contribution in [2.45, 2.75) is 19.1 Å². The van der Waals surface area contributed by atoms with Crippen LogP contribution >= 0.6 is 23.4 Å². The fraction of sp³-hybridized carbons (Fsp3) is 0.364. The van der Waals surface area contributed by atoms with Gasteiger partial charge in [-0.15, -0.1) is 11.8 Å². The molecule has 0 radical (unpaired) electrons. The van der Waals surface area contributed by atoms with Crippen LogP contribution in [0.5, 0.6) is 0 Å². The minimum absolute atomic E-state index is 0.0464. The highest BCUT2D eigenvalue weighted by Gasteiger charge is 2.24. The topological polar surface area (TPSA) is 40.6 Å². The first-order valence-corrected chi connectivity index (χ1v) is 11.1. The molecule has 0 bridgehead atoms. The van der Waals surface area contributed by atoms with Crippen LogP contribution in [-0.2, 0) is 17.0 Å². The van der Waals surface area contributed by atoms with Crippen LogP contribution in [0.2, 0.25) is 5.02 Å². The highest BCUT2D eigenvalue weighted by atomic mass is 35.5. The Labute approximate surface area is 175 Å². The summed E-state index contributed by atoms with van der Waals surface area (Å²) in [4.78, 5) is 28.8. The molecule has 1 aliphatic heterocycles. The molecule has 2 aromatic rings. The van der Waals surface area contributed by atoms with Gasteiger partial charge in [0.2, 0.25) is 5.91 Å². The zero-order chi connectivity index (χ0) is 19.9. The summed E-state index contributed by atoms with van der Waals surface area (Å²) < 4.78 is 0. The van der Waals surface area contributed by atoms with Crippen LogP contribution in [0.25, 0.3) is 0 Å². The van der Waals surface area contributed by atoms with Gasteiger partial charge in [0.15, 0.2) is 0 Å². The fourth-order valence-electron chi connectivity index (χ4n) is 3.20. The third kappa shape index (κ3) is 5.52. The number of hydrogen-bond acceptors (Lipinski definition) is 3. The standard InChI is InChI=1S/C22H25ClN2O2S/c1-2-17-6-8-19(9-7-17)22(27)25-12-10-24(11-13-25)21(26)16-28-15-18-4-3-5-20(23)14-18/h3-9,14H,2,10-13,15-16H2,1H3. The normalized spacial score (nSPS) is 14.2. The zero-order valence-electron chi connectivity index (χ0n) is 16.1. The Morgan fingerprint density at radius 2 is 1.64 bits per heavy atom. The van der Waals surface area contributed by atoms with Crippen LogP contribution in [0.4, 0.5) is 0 Å². The number of carbonyl (C=O) groups is 2. The second-order valence-corrected chi connectivity index (χ2v) is 8.27. The van der Waals surface area contributed by atoms with E-state index in [1.807, 2.05) is 58.3 Å². The molecule has 1 heterocycles. The van der Waals surface area contributed by atoms with Crippen LogP contribution in [0.1, 0.15) is 28.4 Å². The summed E-state index contributed by atoms with van der Waals surface area (Å²) in [6.07, 6.45) is 0.963. The minimum Gasteiger partial charge on any atom is -0.338 e. The number of nitrogens with zero attached hydrogens (tertiary/aromatic N) is 2. The van der Waals surface area contributed by atoms with E-state index >= 15 is 0 Å². The molecule has 6 heteroatoms. The first-order valence-electron chi connectivity index (χ1n) is 9.55. The molecule has 4 nitrogen and oxygen atoms in total. The monoisotopic (exact) mass is 416 g/mol. The molecule has 0 unspecified atom stereocenters. The molecule has 0 N–H and O–H groups in total. The van der Waals surface area contributed by atoms with Gasteiger partial charge in [-0.1, -0.05) is 42.8 Å². The second kappa shape index (κ2) is 9.99. The summed E-state index contributed by atoms with van der Waals surface area (Å²) in [5, 5.41) is 0.717. The highest BCUT2D eigenvalue weighted by molar-refractivity contribution is 7.99. The largest absolute Gasteiger partial charge is 0.338 e. The Balaban J connectivity index is 1.43. The number of piperazine rings is 1. The lowest BCUT2D eigenvalue weighted by molar-refractivity contribution is -0.129. The fourth-order valence-corrected chi connectivity index (χ4v) is 4.29. The van der Waals surface area contributed by atoms with Gasteiger partial charge >= 0.3 is 0 Å². The van der Waals surface area contributed by atoms with Gasteiger partial charge in [-0.2, -0.15) is 0 Å². The molecule has 0 atom stereocenters. The number of thioether (sulfide) groups is 1. The maximum Gasteiger partial charge on any atom is 0.253 e. The summed E-state index contributed by atoms with van der Waals surface area (Å²) in [6, 6.07) is 15.5. The van der Waals surface area contributed by atoms with Gasteiger partial charge in [0, 0.05) is 42.5 Å². The van der Waals surface area contributed by atoms with Gasteiger partial charge in [-0.05, 0) is 41.8 Å². The molecule has 3 rings (SSSR count). The highest BCUT2D eigenvalue weighted by Crippen LogP contribution is 2.17. The number of halogens is 1. The maximum atomic E-state index is 12.6. The predicted octanol–water partition coefficient (Wildman–Crippen LogP) is 4.12. The van der Waals surface area contributed by atoms with E-state index in [1.165, 1.54) is 5.56 Å². The molecule has 1 saturated heterocycles.